The van der Waals surface area contributed by atoms with Crippen molar-refractivity contribution >= 4 is 38.3 Å². The molecule has 3 aromatic rings. The fourth-order valence-corrected chi connectivity index (χ4v) is 6.28. The van der Waals surface area contributed by atoms with E-state index in [0.29, 0.717) is 32.8 Å². The molecule has 2 aliphatic rings. The lowest BCUT2D eigenvalue weighted by Crippen LogP contribution is -2.41. The second-order valence-corrected chi connectivity index (χ2v) is 11.3. The topological polar surface area (TPSA) is 91.8 Å². The van der Waals surface area contributed by atoms with Crippen molar-refractivity contribution in [1.29, 1.82) is 0 Å². The molecule has 2 fully saturated rings. The minimum atomic E-state index is -3.56. The number of aromatic nitrogens is 1. The Morgan fingerprint density at radius 1 is 1.06 bits per heavy atom. The molecule has 0 saturated carbocycles. The maximum absolute atomic E-state index is 13.0. The molecular weight excluding hydrogens is 476 g/mol. The Labute approximate surface area is 212 Å². The maximum Gasteiger partial charge on any atom is 0.243 e. The Morgan fingerprint density at radius 2 is 1.83 bits per heavy atom. The van der Waals surface area contributed by atoms with Gasteiger partial charge in [-0.1, -0.05) is 19.1 Å². The van der Waals surface area contributed by atoms with Crippen molar-refractivity contribution in [1.82, 2.24) is 9.29 Å². The van der Waals surface area contributed by atoms with E-state index < -0.39 is 10.0 Å². The molecule has 1 N–H and O–H groups in total. The van der Waals surface area contributed by atoms with Gasteiger partial charge in [0, 0.05) is 37.3 Å². The summed E-state index contributed by atoms with van der Waals surface area (Å²) in [5.74, 6) is 0.710. The van der Waals surface area contributed by atoms with Crippen molar-refractivity contribution in [2.45, 2.75) is 31.1 Å². The highest BCUT2D eigenvalue weighted by Crippen LogP contribution is 2.27. The first kappa shape index (κ1) is 24.7. The van der Waals surface area contributed by atoms with E-state index in [-0.39, 0.29) is 16.7 Å². The fraction of sp³-hybridized carbons (Fsp3) is 0.407. The van der Waals surface area contributed by atoms with Gasteiger partial charge in [-0.25, -0.2) is 13.4 Å². The molecule has 36 heavy (non-hydrogen) atoms. The Hall–Kier alpha value is -3.01. The summed E-state index contributed by atoms with van der Waals surface area (Å²) in [5.41, 5.74) is 2.79. The number of piperidine rings is 1. The summed E-state index contributed by atoms with van der Waals surface area (Å²) < 4.78 is 32.8. The molecule has 1 atom stereocenters. The smallest absolute Gasteiger partial charge is 0.243 e. The number of benzene rings is 2. The molecule has 1 aromatic heterocycles. The summed E-state index contributed by atoms with van der Waals surface area (Å²) in [7, 11) is -3.56. The Morgan fingerprint density at radius 3 is 2.58 bits per heavy atom. The number of ether oxygens (including phenoxy) is 1. The molecule has 2 saturated heterocycles. The van der Waals surface area contributed by atoms with E-state index in [9.17, 15) is 13.2 Å². The second-order valence-electron chi connectivity index (χ2n) is 9.37. The highest BCUT2D eigenvalue weighted by molar-refractivity contribution is 7.89. The Bertz CT molecular complexity index is 1340. The van der Waals surface area contributed by atoms with E-state index in [0.717, 1.165) is 48.2 Å². The number of hydrogen-bond donors (Lipinski definition) is 1. The zero-order valence-electron chi connectivity index (χ0n) is 20.5. The van der Waals surface area contributed by atoms with Crippen LogP contribution in [0.25, 0.3) is 10.9 Å². The van der Waals surface area contributed by atoms with Gasteiger partial charge in [0.2, 0.25) is 15.9 Å². The number of fused-ring (bicyclic) bond motifs is 1. The number of aryl methyl sites for hydroxylation is 1. The Kier molecular flexibility index (Phi) is 7.22. The van der Waals surface area contributed by atoms with Gasteiger partial charge in [-0.05, 0) is 67.3 Å². The van der Waals surface area contributed by atoms with Gasteiger partial charge in [0.05, 0.1) is 29.5 Å². The van der Waals surface area contributed by atoms with Crippen LogP contribution in [0.15, 0.2) is 59.5 Å². The molecule has 0 spiro atoms. The van der Waals surface area contributed by atoms with Crippen LogP contribution in [0, 0.1) is 5.92 Å². The summed E-state index contributed by atoms with van der Waals surface area (Å²) >= 11 is 0. The number of sulfonamides is 1. The van der Waals surface area contributed by atoms with Crippen LogP contribution >= 0.6 is 0 Å². The highest BCUT2D eigenvalue weighted by Gasteiger charge is 2.28. The minimum absolute atomic E-state index is 0.0303. The molecule has 2 aromatic carbocycles. The highest BCUT2D eigenvalue weighted by atomic mass is 32.2. The van der Waals surface area contributed by atoms with Gasteiger partial charge in [-0.2, -0.15) is 4.31 Å². The number of morpholine rings is 1. The number of nitrogens with one attached hydrogen (secondary N) is 1. The number of pyridine rings is 1. The van der Waals surface area contributed by atoms with Crippen LogP contribution in [-0.2, 0) is 26.0 Å². The molecule has 190 valence electrons. The van der Waals surface area contributed by atoms with E-state index in [1.165, 1.54) is 9.87 Å². The van der Waals surface area contributed by atoms with Crippen molar-refractivity contribution in [2.75, 3.05) is 49.6 Å². The number of carbonyl (C=O) groups is 1. The molecule has 9 heteroatoms. The van der Waals surface area contributed by atoms with Crippen LogP contribution in [0.3, 0.4) is 0 Å². The van der Waals surface area contributed by atoms with Crippen LogP contribution in [0.1, 0.15) is 25.3 Å². The predicted molar refractivity (Wildman–Crippen MR) is 141 cm³/mol. The van der Waals surface area contributed by atoms with E-state index >= 15 is 0 Å². The fourth-order valence-electron chi connectivity index (χ4n) is 4.83. The van der Waals surface area contributed by atoms with E-state index in [1.807, 2.05) is 36.4 Å². The van der Waals surface area contributed by atoms with Gasteiger partial charge in [0.1, 0.15) is 5.82 Å². The number of hydrogen-bond acceptors (Lipinski definition) is 6. The monoisotopic (exact) mass is 508 g/mol. The van der Waals surface area contributed by atoms with Gasteiger partial charge in [-0.15, -0.1) is 0 Å². The third kappa shape index (κ3) is 5.23. The van der Waals surface area contributed by atoms with Crippen molar-refractivity contribution in [3.8, 4) is 0 Å². The quantitative estimate of drug-likeness (QED) is 0.546. The molecule has 1 amide bonds. The number of anilines is 2. The lowest BCUT2D eigenvalue weighted by atomic mass is 9.97. The SMILES string of the molecule is CCc1ccc(NC(=O)C2CCCN(c3ccc4cc(S(=O)(=O)N5CCOCC5)ccc4n3)C2)cc1. The number of rotatable bonds is 6. The van der Waals surface area contributed by atoms with Gasteiger partial charge >= 0.3 is 0 Å². The first-order valence-corrected chi connectivity index (χ1v) is 14.0. The number of carbonyl (C=O) groups excluding carboxylic acids is 1. The maximum atomic E-state index is 13.0. The molecule has 5 rings (SSSR count). The molecule has 3 heterocycles. The summed E-state index contributed by atoms with van der Waals surface area (Å²) in [6.07, 6.45) is 2.71. The summed E-state index contributed by atoms with van der Waals surface area (Å²) in [6, 6.07) is 16.9. The van der Waals surface area contributed by atoms with E-state index in [1.54, 1.807) is 18.2 Å². The van der Waals surface area contributed by atoms with Crippen LogP contribution in [0.5, 0.6) is 0 Å². The van der Waals surface area contributed by atoms with Crippen molar-refractivity contribution < 1.29 is 17.9 Å². The zero-order valence-corrected chi connectivity index (χ0v) is 21.3. The van der Waals surface area contributed by atoms with Gasteiger partial charge in [0.25, 0.3) is 0 Å². The molecule has 0 aliphatic carbocycles. The number of amides is 1. The average Bonchev–Trinajstić information content (AvgIpc) is 2.93. The molecule has 2 aliphatic heterocycles. The van der Waals surface area contributed by atoms with Crippen LogP contribution in [0.2, 0.25) is 0 Å². The van der Waals surface area contributed by atoms with Gasteiger partial charge in [-0.3, -0.25) is 4.79 Å². The standard InChI is InChI=1S/C27H32N4O4S/c1-2-20-5-8-23(9-6-20)28-27(32)22-4-3-13-30(19-22)26-12-7-21-18-24(10-11-25(21)29-26)36(33,34)31-14-16-35-17-15-31/h5-12,18,22H,2-4,13-17,19H2,1H3,(H,28,32). The van der Waals surface area contributed by atoms with Crippen molar-refractivity contribution in [3.63, 3.8) is 0 Å². The molecule has 0 bridgehead atoms. The van der Waals surface area contributed by atoms with E-state index in [2.05, 4.69) is 17.1 Å². The van der Waals surface area contributed by atoms with Crippen LogP contribution in [-0.4, -0.2) is 63.0 Å². The number of nitrogens with zero attached hydrogens (tertiary/aromatic N) is 3. The van der Waals surface area contributed by atoms with Crippen LogP contribution < -0.4 is 10.2 Å². The third-order valence-corrected chi connectivity index (χ3v) is 8.89. The normalized spacial score (nSPS) is 19.4. The summed E-state index contributed by atoms with van der Waals surface area (Å²) in [4.78, 5) is 20.2. The van der Waals surface area contributed by atoms with Crippen molar-refractivity contribution in [3.05, 3.63) is 60.2 Å². The first-order chi connectivity index (χ1) is 17.4. The largest absolute Gasteiger partial charge is 0.379 e. The van der Waals surface area contributed by atoms with Gasteiger partial charge < -0.3 is 15.0 Å². The van der Waals surface area contributed by atoms with E-state index in [4.69, 9.17) is 9.72 Å². The lowest BCUT2D eigenvalue weighted by molar-refractivity contribution is -0.120. The zero-order chi connectivity index (χ0) is 25.1. The summed E-state index contributed by atoms with van der Waals surface area (Å²) in [5, 5.41) is 3.83. The average molecular weight is 509 g/mol. The lowest BCUT2D eigenvalue weighted by Gasteiger charge is -2.33. The molecular formula is C27H32N4O4S. The molecule has 8 nitrogen and oxygen atoms in total. The minimum Gasteiger partial charge on any atom is -0.379 e. The molecule has 1 unspecified atom stereocenters. The first-order valence-electron chi connectivity index (χ1n) is 12.6. The summed E-state index contributed by atoms with van der Waals surface area (Å²) in [6.45, 7) is 5.10. The predicted octanol–water partition coefficient (Wildman–Crippen LogP) is 3.67. The van der Waals surface area contributed by atoms with Crippen molar-refractivity contribution in [2.24, 2.45) is 5.92 Å². The second kappa shape index (κ2) is 10.5. The van der Waals surface area contributed by atoms with Crippen LogP contribution in [0.4, 0.5) is 11.5 Å². The van der Waals surface area contributed by atoms with Gasteiger partial charge in [0.15, 0.2) is 0 Å². The third-order valence-electron chi connectivity index (χ3n) is 7.00. The Balaban J connectivity index is 1.29. The molecule has 0 radical (unpaired) electrons.